The summed E-state index contributed by atoms with van der Waals surface area (Å²) >= 11 is 11.3. The van der Waals surface area contributed by atoms with Gasteiger partial charge in [-0.3, -0.25) is 0 Å². The molecule has 0 bridgehead atoms. The van der Waals surface area contributed by atoms with E-state index in [4.69, 9.17) is 23.2 Å². The molecule has 0 N–H and O–H groups in total. The van der Waals surface area contributed by atoms with Gasteiger partial charge in [-0.15, -0.1) is 0 Å². The van der Waals surface area contributed by atoms with Crippen molar-refractivity contribution in [2.75, 3.05) is 0 Å². The summed E-state index contributed by atoms with van der Waals surface area (Å²) in [6, 6.07) is 1.58. The molecule has 0 amide bonds. The largest absolute Gasteiger partial charge is 0.244 e. The van der Waals surface area contributed by atoms with Crippen LogP contribution in [-0.2, 0) is 0 Å². The molecule has 0 aliphatic heterocycles. The topological polar surface area (TPSA) is 12.9 Å². The van der Waals surface area contributed by atoms with Crippen molar-refractivity contribution in [1.29, 1.82) is 0 Å². The maximum Gasteiger partial charge on any atom is 0.130 e. The molecular formula is C7H5Cl2N. The summed E-state index contributed by atoms with van der Waals surface area (Å²) in [6.45, 7) is 3.55. The number of hydrogen-bond acceptors (Lipinski definition) is 1. The lowest BCUT2D eigenvalue weighted by molar-refractivity contribution is 1.32. The van der Waals surface area contributed by atoms with Crippen LogP contribution in [0, 0.1) is 0 Å². The molecule has 52 valence electrons. The number of rotatable bonds is 1. The van der Waals surface area contributed by atoms with Crippen LogP contribution in [0.2, 0.25) is 10.2 Å². The zero-order chi connectivity index (χ0) is 7.56. The van der Waals surface area contributed by atoms with E-state index in [0.717, 1.165) is 5.56 Å². The summed E-state index contributed by atoms with van der Waals surface area (Å²) in [5.74, 6) is 0. The van der Waals surface area contributed by atoms with Gasteiger partial charge < -0.3 is 0 Å². The van der Waals surface area contributed by atoms with Crippen molar-refractivity contribution in [2.24, 2.45) is 0 Å². The first-order chi connectivity index (χ1) is 4.74. The quantitative estimate of drug-likeness (QED) is 0.596. The third-order valence-electron chi connectivity index (χ3n) is 1.07. The fraction of sp³-hybridized carbons (Fsp3) is 0. The average Bonchev–Trinajstić information content (AvgIpc) is 1.88. The fourth-order valence-electron chi connectivity index (χ4n) is 0.568. The number of halogens is 2. The molecule has 0 saturated carbocycles. The number of pyridine rings is 1. The Hall–Kier alpha value is -0.530. The molecule has 0 unspecified atom stereocenters. The van der Waals surface area contributed by atoms with E-state index in [1.807, 2.05) is 0 Å². The smallest absolute Gasteiger partial charge is 0.130 e. The minimum atomic E-state index is 0.399. The third kappa shape index (κ3) is 1.49. The molecule has 0 radical (unpaired) electrons. The second-order valence-corrected chi connectivity index (χ2v) is 2.53. The Morgan fingerprint density at radius 2 is 2.20 bits per heavy atom. The first-order valence-corrected chi connectivity index (χ1v) is 3.43. The van der Waals surface area contributed by atoms with Gasteiger partial charge in [0.2, 0.25) is 0 Å². The zero-order valence-electron chi connectivity index (χ0n) is 5.14. The van der Waals surface area contributed by atoms with E-state index < -0.39 is 0 Å². The van der Waals surface area contributed by atoms with Crippen LogP contribution in [0.4, 0.5) is 0 Å². The first kappa shape index (κ1) is 7.58. The van der Waals surface area contributed by atoms with Crippen molar-refractivity contribution < 1.29 is 0 Å². The third-order valence-corrected chi connectivity index (χ3v) is 1.60. The van der Waals surface area contributed by atoms with Crippen LogP contribution in [0.15, 0.2) is 18.8 Å². The molecule has 3 heteroatoms. The molecule has 1 heterocycles. The lowest BCUT2D eigenvalue weighted by atomic mass is 10.3. The summed E-state index contributed by atoms with van der Waals surface area (Å²) in [4.78, 5) is 3.82. The maximum absolute atomic E-state index is 5.73. The molecule has 0 spiro atoms. The van der Waals surface area contributed by atoms with E-state index in [2.05, 4.69) is 11.6 Å². The second kappa shape index (κ2) is 3.04. The van der Waals surface area contributed by atoms with Crippen LogP contribution in [0.1, 0.15) is 5.56 Å². The van der Waals surface area contributed by atoms with Crippen molar-refractivity contribution in [1.82, 2.24) is 4.98 Å². The lowest BCUT2D eigenvalue weighted by Crippen LogP contribution is -1.78. The molecule has 0 saturated heterocycles. The molecule has 1 rings (SSSR count). The van der Waals surface area contributed by atoms with E-state index in [1.54, 1.807) is 18.3 Å². The number of nitrogens with zero attached hydrogens (tertiary/aromatic N) is 1. The maximum atomic E-state index is 5.73. The van der Waals surface area contributed by atoms with Crippen LogP contribution < -0.4 is 0 Å². The Morgan fingerprint density at radius 3 is 2.70 bits per heavy atom. The van der Waals surface area contributed by atoms with Gasteiger partial charge in [0.1, 0.15) is 5.15 Å². The summed E-state index contributed by atoms with van der Waals surface area (Å²) in [7, 11) is 0. The Labute approximate surface area is 69.3 Å². The van der Waals surface area contributed by atoms with Gasteiger partial charge >= 0.3 is 0 Å². The van der Waals surface area contributed by atoms with E-state index in [0.29, 0.717) is 10.2 Å². The molecule has 0 aliphatic carbocycles. The van der Waals surface area contributed by atoms with Crippen LogP contribution >= 0.6 is 23.2 Å². The van der Waals surface area contributed by atoms with Crippen molar-refractivity contribution in [3.8, 4) is 0 Å². The fourth-order valence-corrected chi connectivity index (χ4v) is 1.01. The molecule has 1 aromatic heterocycles. The highest BCUT2D eigenvalue weighted by Crippen LogP contribution is 2.18. The minimum Gasteiger partial charge on any atom is -0.244 e. The summed E-state index contributed by atoms with van der Waals surface area (Å²) in [5, 5.41) is 0.977. The van der Waals surface area contributed by atoms with Crippen LogP contribution in [-0.4, -0.2) is 4.98 Å². The van der Waals surface area contributed by atoms with E-state index in [1.165, 1.54) is 0 Å². The van der Waals surface area contributed by atoms with E-state index in [-0.39, 0.29) is 0 Å². The summed E-state index contributed by atoms with van der Waals surface area (Å²) < 4.78 is 0. The van der Waals surface area contributed by atoms with Crippen LogP contribution in [0.5, 0.6) is 0 Å². The zero-order valence-corrected chi connectivity index (χ0v) is 6.65. The van der Waals surface area contributed by atoms with Gasteiger partial charge in [-0.25, -0.2) is 4.98 Å². The van der Waals surface area contributed by atoms with Crippen molar-refractivity contribution in [3.05, 3.63) is 34.6 Å². The summed E-state index contributed by atoms with van der Waals surface area (Å²) in [5.41, 5.74) is 0.797. The van der Waals surface area contributed by atoms with Gasteiger partial charge in [0.25, 0.3) is 0 Å². The van der Waals surface area contributed by atoms with Gasteiger partial charge in [0.15, 0.2) is 0 Å². The highest BCUT2D eigenvalue weighted by Gasteiger charge is 1.96. The Balaban J connectivity index is 3.19. The Bertz CT molecular complexity index is 258. The molecule has 1 aromatic rings. The minimum absolute atomic E-state index is 0.399. The number of hydrogen-bond donors (Lipinski definition) is 0. The predicted octanol–water partition coefficient (Wildman–Crippen LogP) is 3.03. The van der Waals surface area contributed by atoms with Crippen LogP contribution in [0.3, 0.4) is 0 Å². The predicted molar refractivity (Wildman–Crippen MR) is 44.3 cm³/mol. The van der Waals surface area contributed by atoms with Gasteiger partial charge in [0.05, 0.1) is 5.02 Å². The van der Waals surface area contributed by atoms with Crippen LogP contribution in [0.25, 0.3) is 6.08 Å². The Morgan fingerprint density at radius 1 is 1.50 bits per heavy atom. The standard InChI is InChI=1S/C7H5Cl2N/c1-2-5-4-10-7(9)3-6(5)8/h2-4H,1H2. The van der Waals surface area contributed by atoms with Gasteiger partial charge in [-0.05, 0) is 6.07 Å². The molecule has 0 atom stereocenters. The molecule has 1 nitrogen and oxygen atoms in total. The molecule has 0 aromatic carbocycles. The number of aromatic nitrogens is 1. The van der Waals surface area contributed by atoms with Gasteiger partial charge in [-0.2, -0.15) is 0 Å². The first-order valence-electron chi connectivity index (χ1n) is 2.67. The van der Waals surface area contributed by atoms with Crippen molar-refractivity contribution in [2.45, 2.75) is 0 Å². The molecule has 0 aliphatic rings. The SMILES string of the molecule is C=Cc1cnc(Cl)cc1Cl. The van der Waals surface area contributed by atoms with E-state index in [9.17, 15) is 0 Å². The van der Waals surface area contributed by atoms with Crippen molar-refractivity contribution >= 4 is 29.3 Å². The summed E-state index contributed by atoms with van der Waals surface area (Å²) in [6.07, 6.45) is 3.21. The normalized spacial score (nSPS) is 9.40. The van der Waals surface area contributed by atoms with Gasteiger partial charge in [-0.1, -0.05) is 35.9 Å². The van der Waals surface area contributed by atoms with Gasteiger partial charge in [0, 0.05) is 11.8 Å². The van der Waals surface area contributed by atoms with E-state index >= 15 is 0 Å². The molecular weight excluding hydrogens is 169 g/mol. The highest BCUT2D eigenvalue weighted by atomic mass is 35.5. The second-order valence-electron chi connectivity index (χ2n) is 1.73. The highest BCUT2D eigenvalue weighted by molar-refractivity contribution is 6.34. The lowest BCUT2D eigenvalue weighted by Gasteiger charge is -1.95. The van der Waals surface area contributed by atoms with Crippen molar-refractivity contribution in [3.63, 3.8) is 0 Å². The average molecular weight is 174 g/mol. The molecule has 10 heavy (non-hydrogen) atoms. The Kier molecular flexibility index (Phi) is 2.30. The molecule has 0 fully saturated rings. The monoisotopic (exact) mass is 173 g/mol.